The first kappa shape index (κ1) is 24.5. The van der Waals surface area contributed by atoms with Crippen molar-refractivity contribution in [2.45, 2.75) is 13.1 Å². The summed E-state index contributed by atoms with van der Waals surface area (Å²) in [7, 11) is 3.75. The minimum absolute atomic E-state index is 0.130. The van der Waals surface area contributed by atoms with Gasteiger partial charge in [-0.25, -0.2) is 10.4 Å². The highest BCUT2D eigenvalue weighted by Crippen LogP contribution is 2.32. The van der Waals surface area contributed by atoms with Gasteiger partial charge in [-0.15, -0.1) is 0 Å². The van der Waals surface area contributed by atoms with Crippen LogP contribution in [0, 0.1) is 18.8 Å². The third-order valence-electron chi connectivity index (χ3n) is 7.39. The molecule has 6 rings (SSSR count). The molecule has 38 heavy (non-hydrogen) atoms. The van der Waals surface area contributed by atoms with Crippen molar-refractivity contribution >= 4 is 29.0 Å². The van der Waals surface area contributed by atoms with Crippen molar-refractivity contribution in [3.63, 3.8) is 0 Å². The molecular weight excluding hydrogens is 486 g/mol. The monoisotopic (exact) mass is 519 g/mol. The van der Waals surface area contributed by atoms with Gasteiger partial charge in [-0.05, 0) is 13.0 Å². The molecule has 1 amide bonds. The maximum absolute atomic E-state index is 12.9. The number of rotatable bonds is 8. The van der Waals surface area contributed by atoms with E-state index in [1.165, 1.54) is 0 Å². The number of nitrogens with zero attached hydrogens (tertiary/aromatic N) is 7. The van der Waals surface area contributed by atoms with E-state index in [0.29, 0.717) is 29.9 Å². The minimum atomic E-state index is -0.278. The van der Waals surface area contributed by atoms with Gasteiger partial charge in [-0.3, -0.25) is 19.5 Å². The van der Waals surface area contributed by atoms with Gasteiger partial charge in [0, 0.05) is 70.7 Å². The summed E-state index contributed by atoms with van der Waals surface area (Å²) < 4.78 is 7.26. The zero-order chi connectivity index (χ0) is 26.2. The van der Waals surface area contributed by atoms with Crippen LogP contribution in [-0.4, -0.2) is 82.0 Å². The first-order chi connectivity index (χ1) is 18.4. The molecule has 13 nitrogen and oxygen atoms in total. The molecule has 13 heteroatoms. The van der Waals surface area contributed by atoms with Gasteiger partial charge in [0.2, 0.25) is 5.95 Å². The fourth-order valence-electron chi connectivity index (χ4n) is 5.32. The lowest BCUT2D eigenvalue weighted by molar-refractivity contribution is 0.0947. The van der Waals surface area contributed by atoms with Crippen LogP contribution in [0.25, 0.3) is 0 Å². The molecule has 0 spiro atoms. The van der Waals surface area contributed by atoms with E-state index in [0.717, 1.165) is 61.3 Å². The molecule has 3 aliphatic heterocycles. The van der Waals surface area contributed by atoms with Gasteiger partial charge in [-0.1, -0.05) is 0 Å². The average Bonchev–Trinajstić information content (AvgIpc) is 3.66. The summed E-state index contributed by atoms with van der Waals surface area (Å²) in [6.45, 7) is 7.19. The Labute approximate surface area is 221 Å². The van der Waals surface area contributed by atoms with Gasteiger partial charge in [0.1, 0.15) is 6.17 Å². The number of likely N-dealkylation sites (tertiary alicyclic amines) is 1. The quantitative estimate of drug-likeness (QED) is 0.340. The van der Waals surface area contributed by atoms with Crippen LogP contribution in [0.2, 0.25) is 0 Å². The van der Waals surface area contributed by atoms with Crippen LogP contribution >= 0.6 is 0 Å². The highest BCUT2D eigenvalue weighted by molar-refractivity contribution is 5.94. The van der Waals surface area contributed by atoms with Gasteiger partial charge in [0.25, 0.3) is 5.91 Å². The Morgan fingerprint density at radius 3 is 2.74 bits per heavy atom. The fourth-order valence-corrected chi connectivity index (χ4v) is 5.32. The van der Waals surface area contributed by atoms with E-state index in [2.05, 4.69) is 46.3 Å². The highest BCUT2D eigenvalue weighted by atomic mass is 16.5. The molecule has 200 valence electrons. The molecule has 3 aromatic rings. The molecule has 3 unspecified atom stereocenters. The van der Waals surface area contributed by atoms with Gasteiger partial charge < -0.3 is 25.6 Å². The Kier molecular flexibility index (Phi) is 6.55. The molecule has 6 heterocycles. The number of ether oxygens (including phenoxy) is 1. The van der Waals surface area contributed by atoms with Gasteiger partial charge in [-0.2, -0.15) is 10.1 Å². The van der Waals surface area contributed by atoms with Gasteiger partial charge in [0.15, 0.2) is 5.82 Å². The molecule has 0 aliphatic carbocycles. The second-order valence-electron chi connectivity index (χ2n) is 10.2. The largest absolute Gasteiger partial charge is 0.381 e. The maximum Gasteiger partial charge on any atom is 0.252 e. The number of carbonyl (C=O) groups excluding carboxylic acids is 1. The van der Waals surface area contributed by atoms with Crippen LogP contribution in [0.15, 0.2) is 30.9 Å². The number of hydrazine groups is 1. The standard InChI is InChI=1S/C25H33N11O2/c1-15-21(6-16(7-27-15)24(37)26-4-5-36-10-17-13-38-14-18(17)11-36)31-22-20-9-28-25(32-23(20)35(3)33-22)30-19-8-29-34(2)12-19/h6-9,12,17-18,22,31,33H,4-5,10-11,13-14H2,1-3H3,(H,26,37)(H,28,30,32). The summed E-state index contributed by atoms with van der Waals surface area (Å²) in [5.41, 5.74) is 7.13. The van der Waals surface area contributed by atoms with Gasteiger partial charge >= 0.3 is 0 Å². The molecule has 0 bridgehead atoms. The van der Waals surface area contributed by atoms with Crippen molar-refractivity contribution < 1.29 is 9.53 Å². The molecular formula is C25H33N11O2. The molecule has 2 fully saturated rings. The number of amides is 1. The number of carbonyl (C=O) groups is 1. The van der Waals surface area contributed by atoms with E-state index in [4.69, 9.17) is 4.74 Å². The van der Waals surface area contributed by atoms with Crippen molar-refractivity contribution in [2.24, 2.45) is 18.9 Å². The molecule has 0 aromatic carbocycles. The SMILES string of the molecule is Cc1ncc(C(=O)NCCN2CC3COCC3C2)cc1NC1NN(C)c2nc(Nc3cnn(C)c3)ncc21. The van der Waals surface area contributed by atoms with Crippen molar-refractivity contribution in [1.82, 2.24) is 40.4 Å². The van der Waals surface area contributed by atoms with Gasteiger partial charge in [0.05, 0.1) is 47.6 Å². The fraction of sp³-hybridized carbons (Fsp3) is 0.480. The Morgan fingerprint density at radius 2 is 1.97 bits per heavy atom. The first-order valence-electron chi connectivity index (χ1n) is 12.9. The summed E-state index contributed by atoms with van der Waals surface area (Å²) in [4.78, 5) is 28.9. The van der Waals surface area contributed by atoms with E-state index in [9.17, 15) is 4.79 Å². The van der Waals surface area contributed by atoms with E-state index >= 15 is 0 Å². The first-order valence-corrected chi connectivity index (χ1v) is 12.9. The summed E-state index contributed by atoms with van der Waals surface area (Å²) in [5, 5.41) is 15.7. The number of aryl methyl sites for hydroxylation is 2. The van der Waals surface area contributed by atoms with Crippen LogP contribution in [-0.2, 0) is 11.8 Å². The maximum atomic E-state index is 12.9. The Bertz CT molecular complexity index is 1320. The summed E-state index contributed by atoms with van der Waals surface area (Å²) in [6, 6.07) is 1.84. The Morgan fingerprint density at radius 1 is 1.16 bits per heavy atom. The molecule has 0 saturated carbocycles. The lowest BCUT2D eigenvalue weighted by atomic mass is 10.0. The van der Waals surface area contributed by atoms with Crippen molar-refractivity contribution in [3.8, 4) is 0 Å². The van der Waals surface area contributed by atoms with Crippen LogP contribution in [0.3, 0.4) is 0 Å². The molecule has 3 aliphatic rings. The smallest absolute Gasteiger partial charge is 0.252 e. The number of anilines is 4. The molecule has 3 aromatic heterocycles. The molecule has 4 N–H and O–H groups in total. The minimum Gasteiger partial charge on any atom is -0.381 e. The third kappa shape index (κ3) is 4.99. The van der Waals surface area contributed by atoms with Crippen molar-refractivity contribution in [2.75, 3.05) is 62.1 Å². The number of nitrogens with one attached hydrogen (secondary N) is 4. The lowest BCUT2D eigenvalue weighted by Gasteiger charge is -2.19. The topological polar surface area (TPSA) is 137 Å². The molecule has 3 atom stereocenters. The number of fused-ring (bicyclic) bond motifs is 2. The third-order valence-corrected chi connectivity index (χ3v) is 7.39. The lowest BCUT2D eigenvalue weighted by Crippen LogP contribution is -2.35. The second-order valence-corrected chi connectivity index (χ2v) is 10.2. The zero-order valence-corrected chi connectivity index (χ0v) is 21.8. The molecule has 2 saturated heterocycles. The van der Waals surface area contributed by atoms with E-state index in [1.807, 2.05) is 38.3 Å². The summed E-state index contributed by atoms with van der Waals surface area (Å²) >= 11 is 0. The van der Waals surface area contributed by atoms with Crippen LogP contribution in [0.4, 0.5) is 23.1 Å². The number of hydrogen-bond donors (Lipinski definition) is 4. The Hall–Kier alpha value is -3.81. The average molecular weight is 520 g/mol. The summed E-state index contributed by atoms with van der Waals surface area (Å²) in [6.07, 6.45) is 6.70. The predicted molar refractivity (Wildman–Crippen MR) is 142 cm³/mol. The van der Waals surface area contributed by atoms with E-state index < -0.39 is 0 Å². The predicted octanol–water partition coefficient (Wildman–Crippen LogP) is 1.03. The van der Waals surface area contributed by atoms with Crippen LogP contribution < -0.4 is 26.4 Å². The normalized spacial score (nSPS) is 22.4. The Balaban J connectivity index is 1.08. The van der Waals surface area contributed by atoms with Crippen LogP contribution in [0.5, 0.6) is 0 Å². The van der Waals surface area contributed by atoms with E-state index in [-0.39, 0.29) is 12.1 Å². The van der Waals surface area contributed by atoms with Crippen molar-refractivity contribution in [3.05, 3.63) is 47.7 Å². The van der Waals surface area contributed by atoms with Crippen LogP contribution in [0.1, 0.15) is 27.8 Å². The summed E-state index contributed by atoms with van der Waals surface area (Å²) in [5.74, 6) is 2.38. The van der Waals surface area contributed by atoms with Crippen molar-refractivity contribution in [1.29, 1.82) is 0 Å². The molecule has 0 radical (unpaired) electrons. The number of hydrogen-bond acceptors (Lipinski definition) is 11. The number of pyridine rings is 1. The van der Waals surface area contributed by atoms with E-state index in [1.54, 1.807) is 23.3 Å². The highest BCUT2D eigenvalue weighted by Gasteiger charge is 2.36. The zero-order valence-electron chi connectivity index (χ0n) is 21.8. The number of aromatic nitrogens is 5. The second kappa shape index (κ2) is 10.2.